The fourth-order valence-electron chi connectivity index (χ4n) is 1.90. The highest BCUT2D eigenvalue weighted by Gasteiger charge is 2.38. The van der Waals surface area contributed by atoms with Crippen molar-refractivity contribution >= 4 is 17.8 Å². The molecule has 0 spiro atoms. The first-order valence-corrected chi connectivity index (χ1v) is 5.60. The number of hydrogen-bond donors (Lipinski definition) is 1. The quantitative estimate of drug-likeness (QED) is 0.761. The van der Waals surface area contributed by atoms with E-state index in [9.17, 15) is 14.4 Å². The third kappa shape index (κ3) is 2.45. The number of carboxylic acids is 1. The summed E-state index contributed by atoms with van der Waals surface area (Å²) < 4.78 is 4.97. The Balaban J connectivity index is 2.17. The molecular formula is C12H12N2O5. The molecule has 7 nitrogen and oxygen atoms in total. The van der Waals surface area contributed by atoms with Gasteiger partial charge in [-0.1, -0.05) is 0 Å². The number of aliphatic carboxylic acids is 1. The molecule has 0 saturated heterocycles. The van der Waals surface area contributed by atoms with Crippen LogP contribution in [0.3, 0.4) is 0 Å². The van der Waals surface area contributed by atoms with Gasteiger partial charge in [0.1, 0.15) is 5.69 Å². The lowest BCUT2D eigenvalue weighted by Gasteiger charge is -2.19. The Kier molecular flexibility index (Phi) is 3.57. The van der Waals surface area contributed by atoms with E-state index < -0.39 is 23.9 Å². The van der Waals surface area contributed by atoms with E-state index in [2.05, 4.69) is 4.98 Å². The van der Waals surface area contributed by atoms with Crippen LogP contribution >= 0.6 is 0 Å². The second-order valence-electron chi connectivity index (χ2n) is 4.08. The van der Waals surface area contributed by atoms with Crippen molar-refractivity contribution in [3.8, 4) is 0 Å². The molecule has 1 aliphatic rings. The van der Waals surface area contributed by atoms with Crippen molar-refractivity contribution in [3.63, 3.8) is 0 Å². The van der Waals surface area contributed by atoms with Gasteiger partial charge in [0.05, 0.1) is 24.6 Å². The van der Waals surface area contributed by atoms with Crippen LogP contribution in [0.15, 0.2) is 18.3 Å². The molecule has 1 unspecified atom stereocenters. The second-order valence-corrected chi connectivity index (χ2v) is 4.08. The Hall–Kier alpha value is -2.28. The van der Waals surface area contributed by atoms with Gasteiger partial charge in [-0.15, -0.1) is 0 Å². The molecule has 1 aliphatic heterocycles. The molecule has 2 amide bonds. The first kappa shape index (κ1) is 13.2. The number of pyridine rings is 1. The van der Waals surface area contributed by atoms with Gasteiger partial charge in [-0.25, -0.2) is 0 Å². The van der Waals surface area contributed by atoms with Crippen LogP contribution in [0.1, 0.15) is 27.3 Å². The summed E-state index contributed by atoms with van der Waals surface area (Å²) in [5.41, 5.74) is 0.329. The van der Waals surface area contributed by atoms with Gasteiger partial charge in [0.15, 0.2) is 0 Å². The molecule has 2 rings (SSSR count). The molecule has 1 N–H and O–H groups in total. The molecule has 0 bridgehead atoms. The maximum absolute atomic E-state index is 12.0. The van der Waals surface area contributed by atoms with Crippen molar-refractivity contribution in [1.29, 1.82) is 0 Å². The number of nitrogens with zero attached hydrogens (tertiary/aromatic N) is 2. The predicted molar refractivity (Wildman–Crippen MR) is 62.7 cm³/mol. The normalized spacial score (nSPS) is 15.5. The average Bonchev–Trinajstić information content (AvgIpc) is 2.63. The molecule has 7 heteroatoms. The number of amides is 2. The van der Waals surface area contributed by atoms with Crippen molar-refractivity contribution in [2.45, 2.75) is 12.5 Å². The van der Waals surface area contributed by atoms with Gasteiger partial charge in [0.25, 0.3) is 11.8 Å². The van der Waals surface area contributed by atoms with Crippen LogP contribution < -0.4 is 0 Å². The third-order valence-corrected chi connectivity index (χ3v) is 2.85. The molecule has 0 fully saturated rings. The first-order valence-electron chi connectivity index (χ1n) is 5.60. The van der Waals surface area contributed by atoms with E-state index in [-0.39, 0.29) is 24.2 Å². The number of methoxy groups -OCH3 is 1. The van der Waals surface area contributed by atoms with Crippen molar-refractivity contribution in [1.82, 2.24) is 9.88 Å². The highest BCUT2D eigenvalue weighted by atomic mass is 16.5. The van der Waals surface area contributed by atoms with E-state index in [1.807, 2.05) is 0 Å². The standard InChI is InChI=1S/C12H12N2O5/c1-19-7(5-9(15)16)6-14-11(17)8-3-2-4-13-10(8)12(14)18/h2-4,7H,5-6H2,1H3,(H,15,16). The number of aromatic nitrogens is 1. The molecule has 0 saturated carbocycles. The van der Waals surface area contributed by atoms with Crippen LogP contribution in [0, 0.1) is 0 Å². The Morgan fingerprint density at radius 2 is 2.21 bits per heavy atom. The van der Waals surface area contributed by atoms with Gasteiger partial charge in [0, 0.05) is 13.3 Å². The zero-order valence-corrected chi connectivity index (χ0v) is 10.2. The lowest BCUT2D eigenvalue weighted by atomic mass is 10.2. The Bertz CT molecular complexity index is 508. The van der Waals surface area contributed by atoms with E-state index in [1.165, 1.54) is 19.4 Å². The average molecular weight is 264 g/mol. The zero-order valence-electron chi connectivity index (χ0n) is 10.2. The maximum Gasteiger partial charge on any atom is 0.306 e. The smallest absolute Gasteiger partial charge is 0.306 e. The summed E-state index contributed by atoms with van der Waals surface area (Å²) in [6.45, 7) is -0.100. The Morgan fingerprint density at radius 1 is 1.47 bits per heavy atom. The largest absolute Gasteiger partial charge is 0.481 e. The Morgan fingerprint density at radius 3 is 2.79 bits per heavy atom. The van der Waals surface area contributed by atoms with Crippen molar-refractivity contribution < 1.29 is 24.2 Å². The van der Waals surface area contributed by atoms with Gasteiger partial charge in [0.2, 0.25) is 0 Å². The molecule has 1 aromatic heterocycles. The fraction of sp³-hybridized carbons (Fsp3) is 0.333. The van der Waals surface area contributed by atoms with Crippen LogP contribution in [-0.4, -0.2) is 52.5 Å². The fourth-order valence-corrected chi connectivity index (χ4v) is 1.90. The van der Waals surface area contributed by atoms with Gasteiger partial charge < -0.3 is 9.84 Å². The first-order chi connectivity index (χ1) is 9.04. The number of hydrogen-bond acceptors (Lipinski definition) is 5. The van der Waals surface area contributed by atoms with E-state index in [0.717, 1.165) is 4.90 Å². The van der Waals surface area contributed by atoms with Gasteiger partial charge in [-0.2, -0.15) is 0 Å². The summed E-state index contributed by atoms with van der Waals surface area (Å²) in [7, 11) is 1.34. The second kappa shape index (κ2) is 5.15. The van der Waals surface area contributed by atoms with Crippen LogP contribution in [0.2, 0.25) is 0 Å². The molecule has 0 aromatic carbocycles. The number of carboxylic acid groups (broad SMARTS) is 1. The van der Waals surface area contributed by atoms with Crippen molar-refractivity contribution in [3.05, 3.63) is 29.6 Å². The van der Waals surface area contributed by atoms with Crippen molar-refractivity contribution in [2.24, 2.45) is 0 Å². The molecule has 0 radical (unpaired) electrons. The van der Waals surface area contributed by atoms with Crippen LogP contribution in [-0.2, 0) is 9.53 Å². The number of carbonyl (C=O) groups excluding carboxylic acids is 2. The molecular weight excluding hydrogens is 252 g/mol. The third-order valence-electron chi connectivity index (χ3n) is 2.85. The topological polar surface area (TPSA) is 96.8 Å². The number of imide groups is 1. The van der Waals surface area contributed by atoms with E-state index in [4.69, 9.17) is 9.84 Å². The van der Waals surface area contributed by atoms with E-state index in [0.29, 0.717) is 0 Å². The number of rotatable bonds is 5. The van der Waals surface area contributed by atoms with Crippen LogP contribution in [0.4, 0.5) is 0 Å². The summed E-state index contributed by atoms with van der Waals surface area (Å²) in [6, 6.07) is 3.08. The van der Waals surface area contributed by atoms with Crippen LogP contribution in [0.5, 0.6) is 0 Å². The summed E-state index contributed by atoms with van der Waals surface area (Å²) in [6.07, 6.45) is 0.412. The monoisotopic (exact) mass is 264 g/mol. The summed E-state index contributed by atoms with van der Waals surface area (Å²) in [5.74, 6) is -2.05. The number of carbonyl (C=O) groups is 3. The summed E-state index contributed by atoms with van der Waals surface area (Å²) >= 11 is 0. The minimum Gasteiger partial charge on any atom is -0.481 e. The number of ether oxygens (including phenoxy) is 1. The van der Waals surface area contributed by atoms with Gasteiger partial charge >= 0.3 is 5.97 Å². The number of fused-ring (bicyclic) bond motifs is 1. The molecule has 100 valence electrons. The highest BCUT2D eigenvalue weighted by molar-refractivity contribution is 6.20. The van der Waals surface area contributed by atoms with Gasteiger partial charge in [-0.3, -0.25) is 24.3 Å². The predicted octanol–water partition coefficient (Wildman–Crippen LogP) is 0.167. The molecule has 19 heavy (non-hydrogen) atoms. The van der Waals surface area contributed by atoms with Crippen molar-refractivity contribution in [2.75, 3.05) is 13.7 Å². The minimum absolute atomic E-state index is 0.0951. The maximum atomic E-state index is 12.0. The summed E-state index contributed by atoms with van der Waals surface area (Å²) in [5, 5.41) is 8.71. The molecule has 1 atom stereocenters. The highest BCUT2D eigenvalue weighted by Crippen LogP contribution is 2.21. The lowest BCUT2D eigenvalue weighted by Crippen LogP contribution is -2.38. The Labute approximate surface area is 108 Å². The zero-order chi connectivity index (χ0) is 14.0. The van der Waals surface area contributed by atoms with Crippen LogP contribution in [0.25, 0.3) is 0 Å². The van der Waals surface area contributed by atoms with E-state index in [1.54, 1.807) is 6.07 Å². The molecule has 0 aliphatic carbocycles. The molecule has 2 heterocycles. The SMILES string of the molecule is COC(CC(=O)O)CN1C(=O)c2cccnc2C1=O. The van der Waals surface area contributed by atoms with Gasteiger partial charge in [-0.05, 0) is 12.1 Å². The van der Waals surface area contributed by atoms with E-state index >= 15 is 0 Å². The summed E-state index contributed by atoms with van der Waals surface area (Å²) in [4.78, 5) is 39.5. The lowest BCUT2D eigenvalue weighted by molar-refractivity contribution is -0.139. The molecule has 1 aromatic rings. The minimum atomic E-state index is -1.05.